The number of carbonyl (C=O) groups excluding carboxylic acids is 1. The number of primary amides is 1. The summed E-state index contributed by atoms with van der Waals surface area (Å²) in [5, 5.41) is 13.9. The van der Waals surface area contributed by atoms with Gasteiger partial charge in [-0.2, -0.15) is 0 Å². The largest absolute Gasteiger partial charge is 0.368 e. The zero-order valence-electron chi connectivity index (χ0n) is 11.3. The van der Waals surface area contributed by atoms with E-state index in [-0.39, 0.29) is 11.6 Å². The second-order valence-corrected chi connectivity index (χ2v) is 4.69. The molecule has 2 unspecified atom stereocenters. The molecule has 1 amide bonds. The van der Waals surface area contributed by atoms with Gasteiger partial charge in [0, 0.05) is 6.07 Å². The fourth-order valence-corrected chi connectivity index (χ4v) is 1.82. The molecule has 0 radical (unpaired) electrons. The number of nitrogens with one attached hydrogen (secondary N) is 1. The lowest BCUT2D eigenvalue weighted by atomic mass is 9.98. The summed E-state index contributed by atoms with van der Waals surface area (Å²) in [5.74, 6) is -0.511. The van der Waals surface area contributed by atoms with Gasteiger partial charge in [-0.1, -0.05) is 26.3 Å². The fourth-order valence-electron chi connectivity index (χ4n) is 1.82. The van der Waals surface area contributed by atoms with Crippen molar-refractivity contribution in [3.63, 3.8) is 0 Å². The first-order valence-electron chi connectivity index (χ1n) is 6.17. The minimum absolute atomic E-state index is 0.00221. The van der Waals surface area contributed by atoms with Crippen LogP contribution in [-0.4, -0.2) is 16.9 Å². The van der Waals surface area contributed by atoms with Gasteiger partial charge in [0.2, 0.25) is 5.91 Å². The van der Waals surface area contributed by atoms with Gasteiger partial charge < -0.3 is 11.1 Å². The van der Waals surface area contributed by atoms with E-state index in [0.29, 0.717) is 5.69 Å². The summed E-state index contributed by atoms with van der Waals surface area (Å²) in [6, 6.07) is 4.11. The first kappa shape index (κ1) is 14.9. The van der Waals surface area contributed by atoms with Crippen LogP contribution in [0.3, 0.4) is 0 Å². The molecule has 19 heavy (non-hydrogen) atoms. The SMILES string of the molecule is CCC(C)C(Nc1cc(C)ccc1[N+](=O)[O-])C(N)=O. The van der Waals surface area contributed by atoms with E-state index in [4.69, 9.17) is 5.73 Å². The van der Waals surface area contributed by atoms with Crippen LogP contribution in [-0.2, 0) is 4.79 Å². The summed E-state index contributed by atoms with van der Waals surface area (Å²) in [5.41, 5.74) is 6.50. The first-order chi connectivity index (χ1) is 8.86. The van der Waals surface area contributed by atoms with Crippen LogP contribution in [0.15, 0.2) is 18.2 Å². The Labute approximate surface area is 112 Å². The molecule has 3 N–H and O–H groups in total. The summed E-state index contributed by atoms with van der Waals surface area (Å²) >= 11 is 0. The maximum atomic E-state index is 11.5. The Kier molecular flexibility index (Phi) is 4.86. The molecule has 0 aromatic heterocycles. The van der Waals surface area contributed by atoms with Crippen LogP contribution in [0.4, 0.5) is 11.4 Å². The number of hydrogen-bond donors (Lipinski definition) is 2. The summed E-state index contributed by atoms with van der Waals surface area (Å²) in [6.07, 6.45) is 0.750. The van der Waals surface area contributed by atoms with Crippen molar-refractivity contribution in [1.82, 2.24) is 0 Å². The van der Waals surface area contributed by atoms with Crippen molar-refractivity contribution < 1.29 is 9.72 Å². The van der Waals surface area contributed by atoms with E-state index in [1.165, 1.54) is 6.07 Å². The third kappa shape index (κ3) is 3.67. The third-order valence-electron chi connectivity index (χ3n) is 3.18. The molecule has 2 atom stereocenters. The molecule has 0 saturated heterocycles. The van der Waals surface area contributed by atoms with Crippen molar-refractivity contribution in [2.45, 2.75) is 33.2 Å². The Morgan fingerprint density at radius 1 is 1.53 bits per heavy atom. The van der Waals surface area contributed by atoms with Gasteiger partial charge in [-0.05, 0) is 24.5 Å². The van der Waals surface area contributed by atoms with Gasteiger partial charge >= 0.3 is 0 Å². The average Bonchev–Trinajstić information content (AvgIpc) is 2.34. The highest BCUT2D eigenvalue weighted by Crippen LogP contribution is 2.27. The molecule has 0 fully saturated rings. The molecule has 0 spiro atoms. The van der Waals surface area contributed by atoms with Crippen molar-refractivity contribution in [3.05, 3.63) is 33.9 Å². The number of benzene rings is 1. The normalized spacial score (nSPS) is 13.6. The molecule has 1 rings (SSSR count). The number of anilines is 1. The summed E-state index contributed by atoms with van der Waals surface area (Å²) in [6.45, 7) is 5.65. The lowest BCUT2D eigenvalue weighted by Crippen LogP contribution is -2.40. The fraction of sp³-hybridized carbons (Fsp3) is 0.462. The molecule has 0 aliphatic rings. The second kappa shape index (κ2) is 6.17. The number of nitrogens with zero attached hydrogens (tertiary/aromatic N) is 1. The first-order valence-corrected chi connectivity index (χ1v) is 6.17. The van der Waals surface area contributed by atoms with Crippen LogP contribution >= 0.6 is 0 Å². The van der Waals surface area contributed by atoms with E-state index in [9.17, 15) is 14.9 Å². The van der Waals surface area contributed by atoms with E-state index >= 15 is 0 Å². The summed E-state index contributed by atoms with van der Waals surface area (Å²) in [4.78, 5) is 22.0. The standard InChI is InChI=1S/C13H19N3O3/c1-4-9(3)12(13(14)17)15-10-7-8(2)5-6-11(10)16(18)19/h5-7,9,12,15H,4H2,1-3H3,(H2,14,17). The smallest absolute Gasteiger partial charge is 0.292 e. The molecule has 0 aliphatic carbocycles. The van der Waals surface area contributed by atoms with Crippen molar-refractivity contribution in [1.29, 1.82) is 0 Å². The minimum Gasteiger partial charge on any atom is -0.368 e. The van der Waals surface area contributed by atoms with E-state index in [1.54, 1.807) is 12.1 Å². The molecule has 0 saturated carbocycles. The van der Waals surface area contributed by atoms with E-state index in [2.05, 4.69) is 5.32 Å². The molecular formula is C13H19N3O3. The van der Waals surface area contributed by atoms with Gasteiger partial charge in [-0.15, -0.1) is 0 Å². The maximum absolute atomic E-state index is 11.5. The highest BCUT2D eigenvalue weighted by molar-refractivity contribution is 5.84. The predicted octanol–water partition coefficient (Wildman–Crippen LogP) is 2.22. The van der Waals surface area contributed by atoms with Crippen LogP contribution in [0.1, 0.15) is 25.8 Å². The minimum atomic E-state index is -0.620. The number of rotatable bonds is 6. The zero-order chi connectivity index (χ0) is 14.6. The van der Waals surface area contributed by atoms with E-state index in [0.717, 1.165) is 12.0 Å². The number of aryl methyl sites for hydroxylation is 1. The number of nitrogens with two attached hydrogens (primary N) is 1. The monoisotopic (exact) mass is 265 g/mol. The van der Waals surface area contributed by atoms with Gasteiger partial charge in [-0.25, -0.2) is 0 Å². The lowest BCUT2D eigenvalue weighted by molar-refractivity contribution is -0.384. The average molecular weight is 265 g/mol. The van der Waals surface area contributed by atoms with Crippen LogP contribution in [0, 0.1) is 23.0 Å². The maximum Gasteiger partial charge on any atom is 0.292 e. The third-order valence-corrected chi connectivity index (χ3v) is 3.18. The predicted molar refractivity (Wildman–Crippen MR) is 73.9 cm³/mol. The van der Waals surface area contributed by atoms with Gasteiger partial charge in [0.05, 0.1) is 4.92 Å². The molecule has 6 nitrogen and oxygen atoms in total. The van der Waals surface area contributed by atoms with Crippen LogP contribution in [0.25, 0.3) is 0 Å². The van der Waals surface area contributed by atoms with Gasteiger partial charge in [-0.3, -0.25) is 14.9 Å². The number of carbonyl (C=O) groups is 1. The molecular weight excluding hydrogens is 246 g/mol. The Bertz CT molecular complexity index is 488. The Morgan fingerprint density at radius 3 is 2.63 bits per heavy atom. The molecule has 0 aliphatic heterocycles. The summed E-state index contributed by atoms with van der Waals surface area (Å²) < 4.78 is 0. The molecule has 1 aromatic rings. The summed E-state index contributed by atoms with van der Waals surface area (Å²) in [7, 11) is 0. The zero-order valence-corrected chi connectivity index (χ0v) is 11.3. The van der Waals surface area contributed by atoms with Gasteiger partial charge in [0.15, 0.2) is 0 Å². The van der Waals surface area contributed by atoms with Crippen LogP contribution < -0.4 is 11.1 Å². The number of nitro groups is 1. The van der Waals surface area contributed by atoms with Gasteiger partial charge in [0.25, 0.3) is 5.69 Å². The number of nitro benzene ring substituents is 1. The molecule has 1 aromatic carbocycles. The highest BCUT2D eigenvalue weighted by atomic mass is 16.6. The van der Waals surface area contributed by atoms with Crippen LogP contribution in [0.5, 0.6) is 0 Å². The molecule has 104 valence electrons. The van der Waals surface area contributed by atoms with E-state index in [1.807, 2.05) is 20.8 Å². The molecule has 0 heterocycles. The topological polar surface area (TPSA) is 98.3 Å². The number of amides is 1. The Balaban J connectivity index is 3.11. The van der Waals surface area contributed by atoms with E-state index < -0.39 is 16.9 Å². The molecule has 0 bridgehead atoms. The highest BCUT2D eigenvalue weighted by Gasteiger charge is 2.24. The Morgan fingerprint density at radius 2 is 2.16 bits per heavy atom. The van der Waals surface area contributed by atoms with Crippen molar-refractivity contribution in [2.75, 3.05) is 5.32 Å². The van der Waals surface area contributed by atoms with Gasteiger partial charge in [0.1, 0.15) is 11.7 Å². The lowest BCUT2D eigenvalue weighted by Gasteiger charge is -2.22. The Hall–Kier alpha value is -2.11. The van der Waals surface area contributed by atoms with Crippen molar-refractivity contribution >= 4 is 17.3 Å². The quantitative estimate of drug-likeness (QED) is 0.608. The van der Waals surface area contributed by atoms with Crippen molar-refractivity contribution in [2.24, 2.45) is 11.7 Å². The van der Waals surface area contributed by atoms with Crippen molar-refractivity contribution in [3.8, 4) is 0 Å². The molecule has 6 heteroatoms. The van der Waals surface area contributed by atoms with Crippen LogP contribution in [0.2, 0.25) is 0 Å². The number of hydrogen-bond acceptors (Lipinski definition) is 4. The second-order valence-electron chi connectivity index (χ2n) is 4.69.